The Morgan fingerprint density at radius 3 is 2.45 bits per heavy atom. The second-order valence-corrected chi connectivity index (χ2v) is 12.0. The molecule has 1 aromatic carbocycles. The fraction of sp³-hybridized carbons (Fsp3) is 0.607. The number of anilines is 2. The van der Waals surface area contributed by atoms with Crippen LogP contribution in [-0.2, 0) is 4.74 Å². The molecule has 3 saturated heterocycles. The van der Waals surface area contributed by atoms with Gasteiger partial charge in [-0.1, -0.05) is 12.1 Å². The minimum Gasteiger partial charge on any atom is -0.507 e. The summed E-state index contributed by atoms with van der Waals surface area (Å²) in [6.45, 7) is 13.4. The van der Waals surface area contributed by atoms with Crippen molar-refractivity contribution in [2.24, 2.45) is 0 Å². The van der Waals surface area contributed by atoms with E-state index in [1.54, 1.807) is 6.07 Å². The number of benzene rings is 1. The monoisotopic (exact) mass is 521 g/mol. The number of nitrogens with one attached hydrogen (secondary N) is 1. The first kappa shape index (κ1) is 25.2. The largest absolute Gasteiger partial charge is 0.507 e. The van der Waals surface area contributed by atoms with E-state index in [0.29, 0.717) is 29.4 Å². The molecule has 10 heteroatoms. The molecule has 0 saturated carbocycles. The van der Waals surface area contributed by atoms with Gasteiger partial charge >= 0.3 is 6.09 Å². The van der Waals surface area contributed by atoms with Gasteiger partial charge in [0.1, 0.15) is 11.4 Å². The molecule has 10 nitrogen and oxygen atoms in total. The summed E-state index contributed by atoms with van der Waals surface area (Å²) in [5.41, 5.74) is 2.02. The second-order valence-electron chi connectivity index (χ2n) is 12.0. The zero-order valence-electron chi connectivity index (χ0n) is 22.6. The Hall–Kier alpha value is -3.11. The zero-order chi connectivity index (χ0) is 26.4. The van der Waals surface area contributed by atoms with Crippen LogP contribution in [0.5, 0.6) is 5.75 Å². The quantitative estimate of drug-likeness (QED) is 0.632. The SMILES string of the molecule is CC(C)(C)OC(=O)N1CCC(N2CC(N3CCN4c5cc(-c6ccccc6O)nnc5NC[C@H]4C3)C2)CC1. The van der Waals surface area contributed by atoms with Crippen molar-refractivity contribution in [1.29, 1.82) is 0 Å². The lowest BCUT2D eigenvalue weighted by molar-refractivity contribution is -0.0255. The van der Waals surface area contributed by atoms with Crippen molar-refractivity contribution in [3.63, 3.8) is 0 Å². The molecule has 0 spiro atoms. The van der Waals surface area contributed by atoms with Crippen LogP contribution in [0.15, 0.2) is 30.3 Å². The summed E-state index contributed by atoms with van der Waals surface area (Å²) in [4.78, 5) is 22.0. The van der Waals surface area contributed by atoms with Crippen LogP contribution in [0.4, 0.5) is 16.3 Å². The van der Waals surface area contributed by atoms with Crippen LogP contribution in [-0.4, -0.2) is 112 Å². The number of aromatic nitrogens is 2. The summed E-state index contributed by atoms with van der Waals surface area (Å²) in [6, 6.07) is 10.9. The molecule has 3 fully saturated rings. The molecule has 0 aliphatic carbocycles. The topological polar surface area (TPSA) is 97.3 Å². The highest BCUT2D eigenvalue weighted by molar-refractivity contribution is 5.76. The van der Waals surface area contributed by atoms with Crippen molar-refractivity contribution in [3.05, 3.63) is 30.3 Å². The summed E-state index contributed by atoms with van der Waals surface area (Å²) in [7, 11) is 0. The van der Waals surface area contributed by atoms with E-state index >= 15 is 0 Å². The Morgan fingerprint density at radius 1 is 0.974 bits per heavy atom. The van der Waals surface area contributed by atoms with E-state index in [4.69, 9.17) is 4.74 Å². The van der Waals surface area contributed by atoms with Crippen LogP contribution in [0, 0.1) is 0 Å². The number of phenols is 1. The lowest BCUT2D eigenvalue weighted by Gasteiger charge is -2.54. The highest BCUT2D eigenvalue weighted by Gasteiger charge is 2.41. The van der Waals surface area contributed by atoms with Crippen LogP contribution in [0.25, 0.3) is 11.3 Å². The average Bonchev–Trinajstić information content (AvgIpc) is 2.87. The third kappa shape index (κ3) is 4.99. The van der Waals surface area contributed by atoms with Crippen LogP contribution in [0.2, 0.25) is 0 Å². The lowest BCUT2D eigenvalue weighted by Crippen LogP contribution is -2.68. The Balaban J connectivity index is 1.02. The van der Waals surface area contributed by atoms with Gasteiger partial charge in [0.2, 0.25) is 0 Å². The van der Waals surface area contributed by atoms with E-state index in [2.05, 4.69) is 36.3 Å². The number of likely N-dealkylation sites (tertiary alicyclic amines) is 2. The molecule has 38 heavy (non-hydrogen) atoms. The maximum absolute atomic E-state index is 12.4. The van der Waals surface area contributed by atoms with Crippen molar-refractivity contribution in [1.82, 2.24) is 24.9 Å². The van der Waals surface area contributed by atoms with E-state index in [1.165, 1.54) is 0 Å². The Kier molecular flexibility index (Phi) is 6.55. The predicted molar refractivity (Wildman–Crippen MR) is 147 cm³/mol. The van der Waals surface area contributed by atoms with Gasteiger partial charge < -0.3 is 25.0 Å². The Morgan fingerprint density at radius 2 is 1.71 bits per heavy atom. The molecule has 5 heterocycles. The molecule has 0 unspecified atom stereocenters. The summed E-state index contributed by atoms with van der Waals surface area (Å²) in [5.74, 6) is 1.04. The third-order valence-electron chi connectivity index (χ3n) is 8.32. The second kappa shape index (κ2) is 9.89. The zero-order valence-corrected chi connectivity index (χ0v) is 22.6. The van der Waals surface area contributed by atoms with Crippen molar-refractivity contribution < 1.29 is 14.6 Å². The molecule has 0 bridgehead atoms. The normalized spacial score (nSPS) is 23.3. The van der Waals surface area contributed by atoms with Crippen molar-refractivity contribution in [3.8, 4) is 17.0 Å². The number of nitrogens with zero attached hydrogens (tertiary/aromatic N) is 6. The van der Waals surface area contributed by atoms with Gasteiger partial charge in [-0.05, 0) is 51.8 Å². The Labute approximate surface area is 224 Å². The maximum atomic E-state index is 12.4. The smallest absolute Gasteiger partial charge is 0.410 e. The van der Waals surface area contributed by atoms with Crippen LogP contribution in [0.1, 0.15) is 33.6 Å². The number of hydrogen-bond donors (Lipinski definition) is 2. The van der Waals surface area contributed by atoms with Crippen molar-refractivity contribution in [2.45, 2.75) is 57.3 Å². The van der Waals surface area contributed by atoms with Crippen LogP contribution >= 0.6 is 0 Å². The van der Waals surface area contributed by atoms with Gasteiger partial charge in [0, 0.05) is 70.0 Å². The van der Waals surface area contributed by atoms with Crippen LogP contribution < -0.4 is 10.2 Å². The van der Waals surface area contributed by atoms with Gasteiger partial charge in [-0.2, -0.15) is 0 Å². The number of ether oxygens (including phenoxy) is 1. The molecule has 0 radical (unpaired) electrons. The summed E-state index contributed by atoms with van der Waals surface area (Å²) >= 11 is 0. The maximum Gasteiger partial charge on any atom is 0.410 e. The van der Waals surface area contributed by atoms with Crippen LogP contribution in [0.3, 0.4) is 0 Å². The number of amides is 1. The molecule has 6 rings (SSSR count). The lowest BCUT2D eigenvalue weighted by atomic mass is 9.95. The molecule has 2 aromatic rings. The molecule has 1 amide bonds. The minimum absolute atomic E-state index is 0.184. The highest BCUT2D eigenvalue weighted by atomic mass is 16.6. The highest BCUT2D eigenvalue weighted by Crippen LogP contribution is 2.36. The van der Waals surface area contributed by atoms with E-state index in [1.807, 2.05) is 43.9 Å². The fourth-order valence-electron chi connectivity index (χ4n) is 6.22. The third-order valence-corrected chi connectivity index (χ3v) is 8.32. The number of carbonyl (C=O) groups excluding carboxylic acids is 1. The average molecular weight is 522 g/mol. The summed E-state index contributed by atoms with van der Waals surface area (Å²) < 4.78 is 5.55. The minimum atomic E-state index is -0.445. The van der Waals surface area contributed by atoms with E-state index in [-0.39, 0.29) is 11.8 Å². The number of rotatable bonds is 3. The first-order valence-corrected chi connectivity index (χ1v) is 13.9. The molecular weight excluding hydrogens is 482 g/mol. The first-order valence-electron chi connectivity index (χ1n) is 13.9. The standard InChI is InChI=1S/C28H39N7O3/c1-28(2,3)38-27(37)32-10-8-19(9-11-32)34-17-21(18-34)33-12-13-35-20(16-33)15-29-26-24(35)14-23(30-31-26)22-6-4-5-7-25(22)36/h4-7,14,19-21,36H,8-13,15-18H2,1-3H3,(H,29,31)/t20-/m0/s1. The van der Waals surface area contributed by atoms with Gasteiger partial charge in [-0.3, -0.25) is 9.80 Å². The summed E-state index contributed by atoms with van der Waals surface area (Å²) in [5, 5.41) is 22.6. The fourth-order valence-corrected chi connectivity index (χ4v) is 6.22. The molecule has 4 aliphatic rings. The van der Waals surface area contributed by atoms with Gasteiger partial charge in [-0.25, -0.2) is 4.79 Å². The number of carbonyl (C=O) groups is 1. The number of phenolic OH excluding ortho intramolecular Hbond substituents is 1. The first-order chi connectivity index (χ1) is 18.2. The molecule has 204 valence electrons. The van der Waals surface area contributed by atoms with Crippen molar-refractivity contribution >= 4 is 17.6 Å². The van der Waals surface area contributed by atoms with Gasteiger partial charge in [0.15, 0.2) is 5.82 Å². The van der Waals surface area contributed by atoms with Gasteiger partial charge in [-0.15, -0.1) is 10.2 Å². The molecule has 1 aromatic heterocycles. The van der Waals surface area contributed by atoms with E-state index < -0.39 is 5.60 Å². The van der Waals surface area contributed by atoms with Gasteiger partial charge in [0.25, 0.3) is 0 Å². The molecule has 1 atom stereocenters. The van der Waals surface area contributed by atoms with Gasteiger partial charge in [0.05, 0.1) is 17.4 Å². The Bertz CT molecular complexity index is 1170. The molecule has 4 aliphatic heterocycles. The molecule has 2 N–H and O–H groups in total. The predicted octanol–water partition coefficient (Wildman–Crippen LogP) is 2.85. The number of piperidine rings is 1. The number of para-hydroxylation sites is 1. The summed E-state index contributed by atoms with van der Waals surface area (Å²) in [6.07, 6.45) is 1.85. The molecular formula is C28H39N7O3. The number of fused-ring (bicyclic) bond motifs is 3. The van der Waals surface area contributed by atoms with Crippen molar-refractivity contribution in [2.75, 3.05) is 62.6 Å². The number of piperazine rings is 1. The number of aromatic hydroxyl groups is 1. The van der Waals surface area contributed by atoms with E-state index in [0.717, 1.165) is 76.7 Å². The number of hydrogen-bond acceptors (Lipinski definition) is 9. The van der Waals surface area contributed by atoms with E-state index in [9.17, 15) is 9.90 Å².